The van der Waals surface area contributed by atoms with Gasteiger partial charge in [-0.25, -0.2) is 4.79 Å². The summed E-state index contributed by atoms with van der Waals surface area (Å²) in [6, 6.07) is 11.0. The van der Waals surface area contributed by atoms with Crippen molar-refractivity contribution in [2.75, 3.05) is 5.32 Å². The second-order valence-electron chi connectivity index (χ2n) is 6.23. The minimum atomic E-state index is -0.906. The number of halogens is 2. The molecule has 1 heterocycles. The smallest absolute Gasteiger partial charge is 0.335 e. The van der Waals surface area contributed by atoms with Gasteiger partial charge in [0.15, 0.2) is 0 Å². The summed E-state index contributed by atoms with van der Waals surface area (Å²) in [6.45, 7) is 0. The lowest BCUT2D eigenvalue weighted by Crippen LogP contribution is -2.29. The average Bonchev–Trinajstić information content (AvgIpc) is 3.06. The van der Waals surface area contributed by atoms with Crippen molar-refractivity contribution in [3.63, 3.8) is 0 Å². The van der Waals surface area contributed by atoms with E-state index < -0.39 is 5.97 Å². The van der Waals surface area contributed by atoms with E-state index in [-0.39, 0.29) is 17.9 Å². The molecule has 2 aromatic carbocycles. The molecule has 2 N–H and O–H groups in total. The second kappa shape index (κ2) is 5.83. The van der Waals surface area contributed by atoms with E-state index in [1.807, 2.05) is 18.2 Å². The van der Waals surface area contributed by atoms with Crippen molar-refractivity contribution in [2.24, 2.45) is 5.92 Å². The highest BCUT2D eigenvalue weighted by atomic mass is 35.5. The molecule has 2 aliphatic rings. The number of carboxylic acid groups (broad SMARTS) is 1. The number of aromatic carboxylic acids is 1. The van der Waals surface area contributed by atoms with Gasteiger partial charge in [0, 0.05) is 11.6 Å². The fraction of sp³-hybridized carbons (Fsp3) is 0.211. The van der Waals surface area contributed by atoms with Crippen molar-refractivity contribution in [1.29, 1.82) is 0 Å². The summed E-state index contributed by atoms with van der Waals surface area (Å²) in [5.74, 6) is -0.436. The van der Waals surface area contributed by atoms with Crippen molar-refractivity contribution in [3.8, 4) is 0 Å². The molecule has 0 amide bonds. The van der Waals surface area contributed by atoms with Crippen molar-refractivity contribution in [1.82, 2.24) is 0 Å². The first-order valence-corrected chi connectivity index (χ1v) is 8.56. The number of carboxylic acids is 1. The first kappa shape index (κ1) is 15.6. The Bertz CT molecular complexity index is 862. The molecule has 1 aliphatic carbocycles. The van der Waals surface area contributed by atoms with Crippen LogP contribution in [0.25, 0.3) is 0 Å². The van der Waals surface area contributed by atoms with Gasteiger partial charge >= 0.3 is 5.97 Å². The fourth-order valence-corrected chi connectivity index (χ4v) is 4.22. The largest absolute Gasteiger partial charge is 0.478 e. The van der Waals surface area contributed by atoms with Gasteiger partial charge in [-0.1, -0.05) is 47.5 Å². The van der Waals surface area contributed by atoms with E-state index in [0.717, 1.165) is 23.2 Å². The summed E-state index contributed by atoms with van der Waals surface area (Å²) in [5, 5.41) is 13.9. The lowest BCUT2D eigenvalue weighted by molar-refractivity contribution is 0.0696. The number of rotatable bonds is 2. The van der Waals surface area contributed by atoms with Crippen LogP contribution in [0.4, 0.5) is 5.69 Å². The van der Waals surface area contributed by atoms with E-state index in [1.165, 1.54) is 0 Å². The Morgan fingerprint density at radius 2 is 2.00 bits per heavy atom. The number of carbonyl (C=O) groups is 1. The fourth-order valence-electron chi connectivity index (χ4n) is 3.80. The lowest BCUT2D eigenvalue weighted by Gasteiger charge is -2.38. The van der Waals surface area contributed by atoms with Crippen LogP contribution < -0.4 is 5.32 Å². The maximum absolute atomic E-state index is 11.3. The summed E-state index contributed by atoms with van der Waals surface area (Å²) in [6.07, 6.45) is 5.24. The maximum Gasteiger partial charge on any atom is 0.335 e. The molecule has 122 valence electrons. The summed E-state index contributed by atoms with van der Waals surface area (Å²) in [5.41, 5.74) is 3.28. The van der Waals surface area contributed by atoms with Gasteiger partial charge in [0.25, 0.3) is 0 Å². The van der Waals surface area contributed by atoms with E-state index in [9.17, 15) is 9.90 Å². The van der Waals surface area contributed by atoms with Crippen LogP contribution in [0, 0.1) is 5.92 Å². The predicted molar refractivity (Wildman–Crippen MR) is 96.2 cm³/mol. The molecular formula is C19H15Cl2NO2. The van der Waals surface area contributed by atoms with Gasteiger partial charge in [-0.15, -0.1) is 0 Å². The molecule has 2 aromatic rings. The molecular weight excluding hydrogens is 345 g/mol. The first-order valence-electron chi connectivity index (χ1n) is 7.80. The monoisotopic (exact) mass is 359 g/mol. The Labute approximate surface area is 149 Å². The van der Waals surface area contributed by atoms with Crippen molar-refractivity contribution in [3.05, 3.63) is 75.3 Å². The van der Waals surface area contributed by atoms with E-state index in [4.69, 9.17) is 23.2 Å². The number of anilines is 1. The van der Waals surface area contributed by atoms with Crippen LogP contribution in [-0.4, -0.2) is 11.1 Å². The molecule has 0 bridgehead atoms. The zero-order valence-electron chi connectivity index (χ0n) is 12.7. The van der Waals surface area contributed by atoms with Crippen LogP contribution in [0.1, 0.15) is 39.9 Å². The standard InChI is InChI=1S/C19H15Cl2NO2/c20-15-6-2-5-13(17(15)21)18-12-4-1-3-11(12)14-9-10(19(23)24)7-8-16(14)22-18/h1-3,5-9,11-12,18,22H,4H2,(H,23,24)/t11-,12-,18-/m1/s1. The number of hydrogen-bond donors (Lipinski definition) is 2. The molecule has 5 heteroatoms. The first-order chi connectivity index (χ1) is 11.6. The third kappa shape index (κ3) is 2.40. The Balaban J connectivity index is 1.81. The zero-order valence-corrected chi connectivity index (χ0v) is 14.2. The summed E-state index contributed by atoms with van der Waals surface area (Å²) in [4.78, 5) is 11.3. The Kier molecular flexibility index (Phi) is 3.78. The van der Waals surface area contributed by atoms with Gasteiger partial charge in [0.1, 0.15) is 0 Å². The molecule has 0 fully saturated rings. The zero-order chi connectivity index (χ0) is 16.8. The normalized spacial score (nSPS) is 24.2. The third-order valence-electron chi connectivity index (χ3n) is 4.93. The molecule has 0 radical (unpaired) electrons. The number of fused-ring (bicyclic) bond motifs is 3. The van der Waals surface area contributed by atoms with Crippen LogP contribution >= 0.6 is 23.2 Å². The third-order valence-corrected chi connectivity index (χ3v) is 5.76. The van der Waals surface area contributed by atoms with Gasteiger partial charge in [0.05, 0.1) is 21.7 Å². The number of allylic oxidation sites excluding steroid dienone is 2. The highest BCUT2D eigenvalue weighted by Crippen LogP contribution is 2.51. The predicted octanol–water partition coefficient (Wildman–Crippen LogP) is 5.52. The summed E-state index contributed by atoms with van der Waals surface area (Å²) in [7, 11) is 0. The highest BCUT2D eigenvalue weighted by Gasteiger charge is 2.39. The van der Waals surface area contributed by atoms with Crippen LogP contribution in [0.2, 0.25) is 10.0 Å². The van der Waals surface area contributed by atoms with Gasteiger partial charge in [-0.2, -0.15) is 0 Å². The molecule has 3 nitrogen and oxygen atoms in total. The average molecular weight is 360 g/mol. The number of nitrogens with one attached hydrogen (secondary N) is 1. The molecule has 4 rings (SSSR count). The van der Waals surface area contributed by atoms with E-state index in [2.05, 4.69) is 17.5 Å². The molecule has 1 aliphatic heterocycles. The maximum atomic E-state index is 11.3. The van der Waals surface area contributed by atoms with Crippen LogP contribution in [-0.2, 0) is 0 Å². The van der Waals surface area contributed by atoms with Crippen molar-refractivity contribution in [2.45, 2.75) is 18.4 Å². The van der Waals surface area contributed by atoms with Crippen LogP contribution in [0.5, 0.6) is 0 Å². The van der Waals surface area contributed by atoms with E-state index >= 15 is 0 Å². The van der Waals surface area contributed by atoms with Gasteiger partial charge in [0.2, 0.25) is 0 Å². The molecule has 0 saturated heterocycles. The van der Waals surface area contributed by atoms with E-state index in [0.29, 0.717) is 15.6 Å². The van der Waals surface area contributed by atoms with Crippen molar-refractivity contribution >= 4 is 34.9 Å². The number of benzene rings is 2. The Hall–Kier alpha value is -1.97. The molecule has 0 saturated carbocycles. The molecule has 24 heavy (non-hydrogen) atoms. The number of hydrogen-bond acceptors (Lipinski definition) is 2. The quantitative estimate of drug-likeness (QED) is 0.694. The second-order valence-corrected chi connectivity index (χ2v) is 7.01. The summed E-state index contributed by atoms with van der Waals surface area (Å²) < 4.78 is 0. The molecule has 3 atom stereocenters. The SMILES string of the molecule is O=C(O)c1ccc2c(c1)[C@@H]1C=CC[C@H]1[C@H](c1cccc(Cl)c1Cl)N2. The molecule has 0 aromatic heterocycles. The molecule has 0 unspecified atom stereocenters. The van der Waals surface area contributed by atoms with Gasteiger partial charge in [-0.3, -0.25) is 0 Å². The summed E-state index contributed by atoms with van der Waals surface area (Å²) >= 11 is 12.6. The minimum Gasteiger partial charge on any atom is -0.478 e. The van der Waals surface area contributed by atoms with Crippen molar-refractivity contribution < 1.29 is 9.90 Å². The van der Waals surface area contributed by atoms with Crippen LogP contribution in [0.3, 0.4) is 0 Å². The van der Waals surface area contributed by atoms with Crippen LogP contribution in [0.15, 0.2) is 48.6 Å². The lowest BCUT2D eigenvalue weighted by atomic mass is 9.76. The Morgan fingerprint density at radius 1 is 1.17 bits per heavy atom. The minimum absolute atomic E-state index is 0.0411. The van der Waals surface area contributed by atoms with Gasteiger partial charge in [-0.05, 0) is 47.7 Å². The Morgan fingerprint density at radius 3 is 2.79 bits per heavy atom. The van der Waals surface area contributed by atoms with E-state index in [1.54, 1.807) is 18.2 Å². The topological polar surface area (TPSA) is 49.3 Å². The van der Waals surface area contributed by atoms with Gasteiger partial charge < -0.3 is 10.4 Å². The highest BCUT2D eigenvalue weighted by molar-refractivity contribution is 6.42. The molecule has 0 spiro atoms.